The van der Waals surface area contributed by atoms with E-state index in [0.717, 1.165) is 5.56 Å². The fraction of sp³-hybridized carbons (Fsp3) is 0.533. The molecular weight excluding hydrogens is 274 g/mol. The standard InChI is InChI=1S/C15H21NO5/c1-14(2,3)9-7-10(15(4,5)6)12(21-13(17)18)11(8-9)16(19)20/h7-8H,1-6H3,(H,17,18). The van der Waals surface area contributed by atoms with Crippen LogP contribution in [0.15, 0.2) is 12.1 Å². The molecule has 116 valence electrons. The first-order valence-corrected chi connectivity index (χ1v) is 6.58. The average Bonchev–Trinajstić information content (AvgIpc) is 2.24. The minimum atomic E-state index is -1.56. The lowest BCUT2D eigenvalue weighted by Crippen LogP contribution is -2.20. The summed E-state index contributed by atoms with van der Waals surface area (Å²) >= 11 is 0. The fourth-order valence-electron chi connectivity index (χ4n) is 1.93. The predicted molar refractivity (Wildman–Crippen MR) is 79.1 cm³/mol. The van der Waals surface area contributed by atoms with Crippen molar-refractivity contribution >= 4 is 11.8 Å². The van der Waals surface area contributed by atoms with Crippen LogP contribution in [0.25, 0.3) is 0 Å². The summed E-state index contributed by atoms with van der Waals surface area (Å²) in [5.74, 6) is -0.201. The van der Waals surface area contributed by atoms with Crippen molar-refractivity contribution in [3.8, 4) is 5.75 Å². The molecule has 0 amide bonds. The zero-order valence-electron chi connectivity index (χ0n) is 13.2. The summed E-state index contributed by atoms with van der Waals surface area (Å²) in [6.07, 6.45) is -1.56. The van der Waals surface area contributed by atoms with Gasteiger partial charge < -0.3 is 9.84 Å². The topological polar surface area (TPSA) is 89.7 Å². The van der Waals surface area contributed by atoms with Crippen LogP contribution in [0.4, 0.5) is 10.5 Å². The van der Waals surface area contributed by atoms with Gasteiger partial charge in [-0.2, -0.15) is 0 Å². The molecule has 0 atom stereocenters. The van der Waals surface area contributed by atoms with E-state index in [0.29, 0.717) is 5.56 Å². The zero-order chi connectivity index (χ0) is 16.6. The van der Waals surface area contributed by atoms with E-state index in [-0.39, 0.29) is 16.9 Å². The van der Waals surface area contributed by atoms with Gasteiger partial charge in [0.1, 0.15) is 0 Å². The predicted octanol–water partition coefficient (Wildman–Crippen LogP) is 4.25. The molecule has 1 N–H and O–H groups in total. The van der Waals surface area contributed by atoms with Crippen LogP contribution in [0.3, 0.4) is 0 Å². The molecule has 0 bridgehead atoms. The second-order valence-electron chi connectivity index (χ2n) is 7.00. The number of nitrogens with zero attached hydrogens (tertiary/aromatic N) is 1. The van der Waals surface area contributed by atoms with E-state index >= 15 is 0 Å². The Hall–Kier alpha value is -2.11. The van der Waals surface area contributed by atoms with Crippen LogP contribution < -0.4 is 4.74 Å². The maximum absolute atomic E-state index is 11.3. The summed E-state index contributed by atoms with van der Waals surface area (Å²) in [5, 5.41) is 20.1. The molecule has 0 spiro atoms. The first kappa shape index (κ1) is 16.9. The van der Waals surface area contributed by atoms with E-state index in [1.54, 1.807) is 6.07 Å². The molecule has 6 nitrogen and oxygen atoms in total. The summed E-state index contributed by atoms with van der Waals surface area (Å²) in [6, 6.07) is 3.17. The third-order valence-electron chi connectivity index (χ3n) is 3.13. The number of carboxylic acid groups (broad SMARTS) is 1. The molecular formula is C15H21NO5. The Morgan fingerprint density at radius 2 is 1.67 bits per heavy atom. The molecule has 1 aromatic rings. The second kappa shape index (κ2) is 5.35. The molecule has 0 aliphatic rings. The van der Waals surface area contributed by atoms with Gasteiger partial charge in [-0.15, -0.1) is 0 Å². The SMILES string of the molecule is CC(C)(C)c1cc([N+](=O)[O-])c(OC(=O)O)c(C(C)(C)C)c1. The van der Waals surface area contributed by atoms with Gasteiger partial charge in [0.25, 0.3) is 0 Å². The van der Waals surface area contributed by atoms with Gasteiger partial charge in [-0.05, 0) is 16.4 Å². The van der Waals surface area contributed by atoms with Crippen molar-refractivity contribution in [3.63, 3.8) is 0 Å². The molecule has 1 rings (SSSR count). The van der Waals surface area contributed by atoms with Crippen molar-refractivity contribution < 1.29 is 19.6 Å². The summed E-state index contributed by atoms with van der Waals surface area (Å²) in [4.78, 5) is 21.5. The zero-order valence-corrected chi connectivity index (χ0v) is 13.2. The molecule has 0 saturated carbocycles. The Balaban J connectivity index is 3.74. The number of carbonyl (C=O) groups is 1. The first-order chi connectivity index (χ1) is 9.34. The van der Waals surface area contributed by atoms with Crippen LogP contribution >= 0.6 is 0 Å². The van der Waals surface area contributed by atoms with Gasteiger partial charge in [-0.1, -0.05) is 47.6 Å². The molecule has 0 aliphatic carbocycles. The highest BCUT2D eigenvalue weighted by molar-refractivity contribution is 5.67. The van der Waals surface area contributed by atoms with Crippen LogP contribution in [0.1, 0.15) is 52.7 Å². The van der Waals surface area contributed by atoms with E-state index < -0.39 is 16.5 Å². The third-order valence-corrected chi connectivity index (χ3v) is 3.13. The molecule has 0 radical (unpaired) electrons. The summed E-state index contributed by atoms with van der Waals surface area (Å²) in [5.41, 5.74) is 0.152. The minimum Gasteiger partial charge on any atom is -0.449 e. The minimum absolute atomic E-state index is 0.201. The normalized spacial score (nSPS) is 12.1. The van der Waals surface area contributed by atoms with Gasteiger partial charge in [-0.25, -0.2) is 4.79 Å². The van der Waals surface area contributed by atoms with Crippen molar-refractivity contribution in [2.75, 3.05) is 0 Å². The largest absolute Gasteiger partial charge is 0.511 e. The smallest absolute Gasteiger partial charge is 0.449 e. The van der Waals surface area contributed by atoms with Crippen molar-refractivity contribution in [1.82, 2.24) is 0 Å². The van der Waals surface area contributed by atoms with Gasteiger partial charge in [0.05, 0.1) is 4.92 Å². The van der Waals surface area contributed by atoms with Crippen LogP contribution in [0, 0.1) is 10.1 Å². The number of hydrogen-bond donors (Lipinski definition) is 1. The highest BCUT2D eigenvalue weighted by Crippen LogP contribution is 2.42. The maximum Gasteiger partial charge on any atom is 0.511 e. The van der Waals surface area contributed by atoms with Crippen LogP contribution in [-0.4, -0.2) is 16.2 Å². The molecule has 0 fully saturated rings. The van der Waals surface area contributed by atoms with Crippen molar-refractivity contribution in [1.29, 1.82) is 0 Å². The number of nitro benzene ring substituents is 1. The van der Waals surface area contributed by atoms with Gasteiger partial charge in [0.15, 0.2) is 0 Å². The average molecular weight is 295 g/mol. The van der Waals surface area contributed by atoms with Crippen molar-refractivity contribution in [2.24, 2.45) is 0 Å². The van der Waals surface area contributed by atoms with E-state index in [9.17, 15) is 14.9 Å². The quantitative estimate of drug-likeness (QED) is 0.381. The maximum atomic E-state index is 11.3. The van der Waals surface area contributed by atoms with E-state index in [2.05, 4.69) is 0 Å². The van der Waals surface area contributed by atoms with Gasteiger partial charge in [0.2, 0.25) is 5.75 Å². The highest BCUT2D eigenvalue weighted by atomic mass is 16.7. The Labute approximate surface area is 123 Å². The third kappa shape index (κ3) is 3.93. The van der Waals surface area contributed by atoms with E-state index in [4.69, 9.17) is 9.84 Å². The Morgan fingerprint density at radius 3 is 2.00 bits per heavy atom. The fourth-order valence-corrected chi connectivity index (χ4v) is 1.93. The number of hydrogen-bond acceptors (Lipinski definition) is 4. The van der Waals surface area contributed by atoms with Gasteiger partial charge >= 0.3 is 11.8 Å². The van der Waals surface area contributed by atoms with Crippen molar-refractivity contribution in [2.45, 2.75) is 52.4 Å². The Morgan fingerprint density at radius 1 is 1.14 bits per heavy atom. The molecule has 0 heterocycles. The lowest BCUT2D eigenvalue weighted by molar-refractivity contribution is -0.385. The van der Waals surface area contributed by atoms with Crippen molar-refractivity contribution in [3.05, 3.63) is 33.4 Å². The summed E-state index contributed by atoms with van der Waals surface area (Å²) in [7, 11) is 0. The van der Waals surface area contributed by atoms with Crippen LogP contribution in [-0.2, 0) is 10.8 Å². The lowest BCUT2D eigenvalue weighted by Gasteiger charge is -2.26. The molecule has 0 saturated heterocycles. The summed E-state index contributed by atoms with van der Waals surface area (Å²) in [6.45, 7) is 11.4. The monoisotopic (exact) mass is 295 g/mol. The summed E-state index contributed by atoms with van der Waals surface area (Å²) < 4.78 is 4.71. The van der Waals surface area contributed by atoms with Crippen LogP contribution in [0.5, 0.6) is 5.75 Å². The molecule has 0 aromatic heterocycles. The Bertz CT molecular complexity index is 579. The number of rotatable bonds is 2. The second-order valence-corrected chi connectivity index (χ2v) is 7.00. The van der Waals surface area contributed by atoms with E-state index in [1.165, 1.54) is 6.07 Å². The van der Waals surface area contributed by atoms with Gasteiger partial charge in [-0.3, -0.25) is 10.1 Å². The molecule has 21 heavy (non-hydrogen) atoms. The molecule has 0 unspecified atom stereocenters. The highest BCUT2D eigenvalue weighted by Gasteiger charge is 2.31. The van der Waals surface area contributed by atoms with Gasteiger partial charge in [0, 0.05) is 11.6 Å². The molecule has 0 aliphatic heterocycles. The number of nitro groups is 1. The first-order valence-electron chi connectivity index (χ1n) is 6.58. The molecule has 1 aromatic carbocycles. The lowest BCUT2D eigenvalue weighted by atomic mass is 9.79. The van der Waals surface area contributed by atoms with Crippen LogP contribution in [0.2, 0.25) is 0 Å². The number of benzene rings is 1. The Kier molecular flexibility index (Phi) is 4.32. The van der Waals surface area contributed by atoms with E-state index in [1.807, 2.05) is 41.5 Å². The number of ether oxygens (including phenoxy) is 1. The molecule has 6 heteroatoms.